The van der Waals surface area contributed by atoms with Crippen LogP contribution in [-0.4, -0.2) is 34.7 Å². The fraction of sp³-hybridized carbons (Fsp3) is 0.792. The summed E-state index contributed by atoms with van der Waals surface area (Å²) in [6.07, 6.45) is 11.4. The van der Waals surface area contributed by atoms with Gasteiger partial charge in [0.1, 0.15) is 0 Å². The Morgan fingerprint density at radius 1 is 0.967 bits per heavy atom. The Hall–Kier alpha value is -1.85. The summed E-state index contributed by atoms with van der Waals surface area (Å²) in [6.45, 7) is 10.8. The predicted molar refractivity (Wildman–Crippen MR) is 118 cm³/mol. The van der Waals surface area contributed by atoms with Crippen molar-refractivity contribution in [2.24, 2.45) is 17.8 Å². The van der Waals surface area contributed by atoms with E-state index in [9.17, 15) is 14.4 Å². The van der Waals surface area contributed by atoms with E-state index in [-0.39, 0.29) is 5.97 Å². The maximum Gasteiger partial charge on any atom is 0.333 e. The molecule has 0 aromatic heterocycles. The van der Waals surface area contributed by atoms with Crippen LogP contribution in [0, 0.1) is 17.8 Å². The molecule has 30 heavy (non-hydrogen) atoms. The molecule has 1 aliphatic carbocycles. The van der Waals surface area contributed by atoms with Crippen LogP contribution in [0.4, 0.5) is 0 Å². The third-order valence-electron chi connectivity index (χ3n) is 5.42. The Kier molecular flexibility index (Phi) is 15.9. The van der Waals surface area contributed by atoms with E-state index in [4.69, 9.17) is 14.9 Å². The van der Waals surface area contributed by atoms with Crippen LogP contribution in [0.2, 0.25) is 0 Å². The zero-order chi connectivity index (χ0) is 22.9. The van der Waals surface area contributed by atoms with Crippen LogP contribution in [0.1, 0.15) is 97.8 Å². The van der Waals surface area contributed by atoms with Gasteiger partial charge in [-0.15, -0.1) is 0 Å². The number of unbranched alkanes of at least 4 members (excludes halogenated alkanes) is 5. The maximum absolute atomic E-state index is 11.6. The minimum Gasteiger partial charge on any atom is -0.481 e. The lowest BCUT2D eigenvalue weighted by molar-refractivity contribution is -0.148. The highest BCUT2D eigenvalue weighted by atomic mass is 16.5. The van der Waals surface area contributed by atoms with Gasteiger partial charge in [-0.1, -0.05) is 65.9 Å². The van der Waals surface area contributed by atoms with Crippen molar-refractivity contribution < 1.29 is 29.3 Å². The molecule has 2 unspecified atom stereocenters. The molecular formula is C24H42O6. The van der Waals surface area contributed by atoms with E-state index < -0.39 is 23.8 Å². The Balaban J connectivity index is 0.000000604. The molecule has 6 heteroatoms. The molecule has 1 aliphatic rings. The minimum atomic E-state index is -0.860. The highest BCUT2D eigenvalue weighted by molar-refractivity contribution is 5.87. The number of hydrogen-bond donors (Lipinski definition) is 2. The Bertz CT molecular complexity index is 506. The number of carboxylic acid groups (broad SMARTS) is 2. The molecule has 2 N–H and O–H groups in total. The number of carboxylic acids is 2. The molecule has 0 aromatic rings. The second kappa shape index (κ2) is 16.9. The fourth-order valence-corrected chi connectivity index (χ4v) is 3.35. The van der Waals surface area contributed by atoms with Gasteiger partial charge in [0, 0.05) is 5.57 Å². The van der Waals surface area contributed by atoms with Gasteiger partial charge < -0.3 is 14.9 Å². The smallest absolute Gasteiger partial charge is 0.333 e. The molecule has 0 saturated heterocycles. The molecule has 174 valence electrons. The summed E-state index contributed by atoms with van der Waals surface area (Å²) in [5.74, 6) is -2.24. The van der Waals surface area contributed by atoms with Crippen molar-refractivity contribution in [3.05, 3.63) is 12.2 Å². The Morgan fingerprint density at radius 2 is 1.50 bits per heavy atom. The van der Waals surface area contributed by atoms with E-state index >= 15 is 0 Å². The highest BCUT2D eigenvalue weighted by Gasteiger charge is 2.30. The van der Waals surface area contributed by atoms with E-state index in [0.29, 0.717) is 43.8 Å². The van der Waals surface area contributed by atoms with E-state index in [1.165, 1.54) is 32.1 Å². The van der Waals surface area contributed by atoms with Crippen molar-refractivity contribution in [1.29, 1.82) is 0 Å². The van der Waals surface area contributed by atoms with Crippen LogP contribution in [-0.2, 0) is 19.1 Å². The number of hydrogen-bond acceptors (Lipinski definition) is 4. The molecule has 2 atom stereocenters. The van der Waals surface area contributed by atoms with E-state index in [1.807, 2.05) is 0 Å². The van der Waals surface area contributed by atoms with Gasteiger partial charge in [0.25, 0.3) is 0 Å². The number of esters is 1. The molecular weight excluding hydrogens is 384 g/mol. The van der Waals surface area contributed by atoms with Crippen molar-refractivity contribution in [1.82, 2.24) is 0 Å². The molecule has 1 fully saturated rings. The molecule has 0 heterocycles. The zero-order valence-corrected chi connectivity index (χ0v) is 19.2. The summed E-state index contributed by atoms with van der Waals surface area (Å²) in [5.41, 5.74) is 0.634. The van der Waals surface area contributed by atoms with Crippen LogP contribution < -0.4 is 0 Å². The first kappa shape index (κ1) is 28.1. The number of aliphatic carboxylic acids is 2. The van der Waals surface area contributed by atoms with E-state index in [0.717, 1.165) is 19.3 Å². The minimum absolute atomic E-state index is 0.204. The Morgan fingerprint density at radius 3 is 2.00 bits per heavy atom. The molecule has 1 rings (SSSR count). The van der Waals surface area contributed by atoms with Crippen molar-refractivity contribution in [3.63, 3.8) is 0 Å². The normalized spacial score (nSPS) is 18.3. The standard InChI is InChI=1S/C16H30O2.C8H12O4/c1-5-6-7-8-9-10-11-15(4)16(17)18-13-12-14(2)3;9-7(10)5-2-1-3-6(4-5)8(11)12/h14H,4-13H2,1-3H3;5-6H,1-4H2,(H,9,10)(H,11,12). The van der Waals surface area contributed by atoms with Gasteiger partial charge in [0.15, 0.2) is 0 Å². The summed E-state index contributed by atoms with van der Waals surface area (Å²) in [6, 6.07) is 0. The first-order valence-electron chi connectivity index (χ1n) is 11.5. The van der Waals surface area contributed by atoms with Gasteiger partial charge in [0.2, 0.25) is 0 Å². The van der Waals surface area contributed by atoms with Gasteiger partial charge in [-0.2, -0.15) is 0 Å². The fourth-order valence-electron chi connectivity index (χ4n) is 3.35. The quantitative estimate of drug-likeness (QED) is 0.218. The van der Waals surface area contributed by atoms with Gasteiger partial charge in [0.05, 0.1) is 18.4 Å². The average molecular weight is 427 g/mol. The van der Waals surface area contributed by atoms with E-state index in [1.54, 1.807) is 0 Å². The summed E-state index contributed by atoms with van der Waals surface area (Å²) in [7, 11) is 0. The van der Waals surface area contributed by atoms with Gasteiger partial charge in [-0.05, 0) is 44.4 Å². The number of ether oxygens (including phenoxy) is 1. The molecule has 0 aromatic carbocycles. The van der Waals surface area contributed by atoms with Crippen LogP contribution in [0.25, 0.3) is 0 Å². The third-order valence-corrected chi connectivity index (χ3v) is 5.42. The highest BCUT2D eigenvalue weighted by Crippen LogP contribution is 2.29. The maximum atomic E-state index is 11.6. The SMILES string of the molecule is C=C(CCCCCCCC)C(=O)OCCC(C)C.O=C(O)C1CCCC(C(=O)O)C1. The van der Waals surface area contributed by atoms with Crippen molar-refractivity contribution >= 4 is 17.9 Å². The lowest BCUT2D eigenvalue weighted by Crippen LogP contribution is -2.26. The summed E-state index contributed by atoms with van der Waals surface area (Å²) < 4.78 is 5.17. The predicted octanol–water partition coefficient (Wildman–Crippen LogP) is 5.84. The van der Waals surface area contributed by atoms with E-state index in [2.05, 4.69) is 27.4 Å². The molecule has 0 amide bonds. The number of carbonyl (C=O) groups excluding carboxylic acids is 1. The van der Waals surface area contributed by atoms with Crippen molar-refractivity contribution in [2.75, 3.05) is 6.61 Å². The molecule has 0 bridgehead atoms. The van der Waals surface area contributed by atoms with Crippen LogP contribution in [0.15, 0.2) is 12.2 Å². The zero-order valence-electron chi connectivity index (χ0n) is 19.2. The molecule has 0 spiro atoms. The summed E-state index contributed by atoms with van der Waals surface area (Å²) in [4.78, 5) is 32.6. The van der Waals surface area contributed by atoms with Crippen LogP contribution in [0.3, 0.4) is 0 Å². The topological polar surface area (TPSA) is 101 Å². The van der Waals surface area contributed by atoms with Crippen LogP contribution >= 0.6 is 0 Å². The average Bonchev–Trinajstić information content (AvgIpc) is 2.70. The number of carbonyl (C=O) groups is 3. The third kappa shape index (κ3) is 14.2. The van der Waals surface area contributed by atoms with Gasteiger partial charge in [-0.3, -0.25) is 9.59 Å². The largest absolute Gasteiger partial charge is 0.481 e. The Labute approximate surface area is 182 Å². The summed E-state index contributed by atoms with van der Waals surface area (Å²) in [5, 5.41) is 17.3. The number of rotatable bonds is 13. The molecule has 6 nitrogen and oxygen atoms in total. The lowest BCUT2D eigenvalue weighted by Gasteiger charge is -2.23. The first-order chi connectivity index (χ1) is 14.2. The van der Waals surface area contributed by atoms with Crippen molar-refractivity contribution in [2.45, 2.75) is 97.8 Å². The van der Waals surface area contributed by atoms with Crippen LogP contribution in [0.5, 0.6) is 0 Å². The van der Waals surface area contributed by atoms with Gasteiger partial charge in [-0.25, -0.2) is 4.79 Å². The molecule has 1 saturated carbocycles. The second-order valence-corrected chi connectivity index (χ2v) is 8.68. The second-order valence-electron chi connectivity index (χ2n) is 8.68. The molecule has 0 radical (unpaired) electrons. The van der Waals surface area contributed by atoms with Crippen molar-refractivity contribution in [3.8, 4) is 0 Å². The monoisotopic (exact) mass is 426 g/mol. The first-order valence-corrected chi connectivity index (χ1v) is 11.5. The lowest BCUT2D eigenvalue weighted by atomic mass is 9.81. The molecule has 0 aliphatic heterocycles. The summed E-state index contributed by atoms with van der Waals surface area (Å²) >= 11 is 0. The van der Waals surface area contributed by atoms with Gasteiger partial charge >= 0.3 is 17.9 Å².